The number of thiazole rings is 1. The van der Waals surface area contributed by atoms with E-state index in [1.54, 1.807) is 18.3 Å². The Hall–Kier alpha value is -1.99. The van der Waals surface area contributed by atoms with E-state index in [2.05, 4.69) is 4.98 Å². The van der Waals surface area contributed by atoms with Gasteiger partial charge in [-0.1, -0.05) is 6.92 Å². The first-order chi connectivity index (χ1) is 10.0. The minimum absolute atomic E-state index is 0.0693. The average Bonchev–Trinajstić information content (AvgIpc) is 2.92. The number of aliphatic hydroxyl groups is 1. The topological polar surface area (TPSA) is 85.5 Å². The van der Waals surface area contributed by atoms with Gasteiger partial charge in [-0.3, -0.25) is 10.1 Å². The molecule has 2 rings (SSSR count). The van der Waals surface area contributed by atoms with Crippen molar-refractivity contribution in [1.82, 2.24) is 4.98 Å². The molecule has 0 aliphatic rings. The molecule has 0 saturated heterocycles. The Kier molecular flexibility index (Phi) is 4.87. The third-order valence-electron chi connectivity index (χ3n) is 2.93. The summed E-state index contributed by atoms with van der Waals surface area (Å²) in [5, 5.41) is 23.5. The molecule has 0 fully saturated rings. The fraction of sp³-hybridized carbons (Fsp3) is 0.357. The summed E-state index contributed by atoms with van der Waals surface area (Å²) in [4.78, 5) is 14.7. The van der Waals surface area contributed by atoms with Crippen molar-refractivity contribution < 1.29 is 14.8 Å². The Balaban J connectivity index is 2.17. The zero-order chi connectivity index (χ0) is 15.4. The van der Waals surface area contributed by atoms with Crippen molar-refractivity contribution in [1.29, 1.82) is 0 Å². The maximum atomic E-state index is 10.8. The number of non-ortho nitro benzene ring substituents is 1. The summed E-state index contributed by atoms with van der Waals surface area (Å²) in [7, 11) is 0. The Morgan fingerprint density at radius 2 is 2.29 bits per heavy atom. The van der Waals surface area contributed by atoms with Crippen LogP contribution in [0.2, 0.25) is 0 Å². The maximum absolute atomic E-state index is 10.8. The highest BCUT2D eigenvalue weighted by atomic mass is 32.1. The van der Waals surface area contributed by atoms with Crippen LogP contribution < -0.4 is 4.74 Å². The summed E-state index contributed by atoms with van der Waals surface area (Å²) in [5.74, 6) is 0.432. The van der Waals surface area contributed by atoms with Gasteiger partial charge in [-0.15, -0.1) is 11.3 Å². The van der Waals surface area contributed by atoms with Gasteiger partial charge in [0.2, 0.25) is 0 Å². The van der Waals surface area contributed by atoms with Crippen molar-refractivity contribution in [3.63, 3.8) is 0 Å². The molecule has 1 atom stereocenters. The smallest absolute Gasteiger partial charge is 0.270 e. The van der Waals surface area contributed by atoms with E-state index in [9.17, 15) is 15.2 Å². The largest absolute Gasteiger partial charge is 0.487 e. The fourth-order valence-electron chi connectivity index (χ4n) is 1.84. The second kappa shape index (κ2) is 6.64. The Morgan fingerprint density at radius 1 is 1.52 bits per heavy atom. The zero-order valence-electron chi connectivity index (χ0n) is 11.8. The van der Waals surface area contributed by atoms with E-state index in [4.69, 9.17) is 4.74 Å². The number of nitrogens with zero attached hydrogens (tertiary/aromatic N) is 2. The van der Waals surface area contributed by atoms with E-state index in [0.29, 0.717) is 11.3 Å². The molecule has 1 aromatic carbocycles. The van der Waals surface area contributed by atoms with Crippen LogP contribution in [0.25, 0.3) is 0 Å². The number of hydrogen-bond acceptors (Lipinski definition) is 6. The fourth-order valence-corrected chi connectivity index (χ4v) is 2.57. The van der Waals surface area contributed by atoms with Gasteiger partial charge in [-0.05, 0) is 19.4 Å². The standard InChI is InChI=1S/C14H16N2O4S/c1-3-14-15-10(8-21-14)7-20-13-5-4-11(16(18)19)6-12(13)9(2)17/h4-6,8-9,17H,3,7H2,1-2H3/t9-/m1/s1. The molecular formula is C14H16N2O4S. The Bertz CT molecular complexity index is 640. The quantitative estimate of drug-likeness (QED) is 0.654. The molecule has 0 unspecified atom stereocenters. The van der Waals surface area contributed by atoms with Crippen molar-refractivity contribution in [3.05, 3.63) is 50.0 Å². The molecule has 2 aromatic rings. The Labute approximate surface area is 126 Å². The Morgan fingerprint density at radius 3 is 2.86 bits per heavy atom. The lowest BCUT2D eigenvalue weighted by molar-refractivity contribution is -0.385. The second-order valence-corrected chi connectivity index (χ2v) is 5.47. The number of aromatic nitrogens is 1. The first-order valence-corrected chi connectivity index (χ1v) is 7.41. The summed E-state index contributed by atoms with van der Waals surface area (Å²) in [6, 6.07) is 4.20. The van der Waals surface area contributed by atoms with Crippen LogP contribution in [0.1, 0.15) is 36.2 Å². The normalized spacial score (nSPS) is 12.1. The van der Waals surface area contributed by atoms with Crippen LogP contribution in [-0.4, -0.2) is 15.0 Å². The lowest BCUT2D eigenvalue weighted by Gasteiger charge is -2.12. The highest BCUT2D eigenvalue weighted by molar-refractivity contribution is 7.09. The van der Waals surface area contributed by atoms with Gasteiger partial charge in [0.05, 0.1) is 21.7 Å². The van der Waals surface area contributed by atoms with E-state index in [-0.39, 0.29) is 12.3 Å². The van der Waals surface area contributed by atoms with Crippen LogP contribution in [0, 0.1) is 10.1 Å². The van der Waals surface area contributed by atoms with Gasteiger partial charge in [0, 0.05) is 23.1 Å². The average molecular weight is 308 g/mol. The maximum Gasteiger partial charge on any atom is 0.270 e. The van der Waals surface area contributed by atoms with E-state index in [1.165, 1.54) is 18.2 Å². The van der Waals surface area contributed by atoms with E-state index >= 15 is 0 Å². The van der Waals surface area contributed by atoms with Gasteiger partial charge < -0.3 is 9.84 Å². The van der Waals surface area contributed by atoms with Crippen LogP contribution in [0.15, 0.2) is 23.6 Å². The van der Waals surface area contributed by atoms with Gasteiger partial charge >= 0.3 is 0 Å². The van der Waals surface area contributed by atoms with Gasteiger partial charge in [-0.25, -0.2) is 4.98 Å². The molecule has 1 aromatic heterocycles. The molecule has 1 N–H and O–H groups in total. The molecule has 6 nitrogen and oxygen atoms in total. The van der Waals surface area contributed by atoms with Crippen molar-refractivity contribution >= 4 is 17.0 Å². The summed E-state index contributed by atoms with van der Waals surface area (Å²) < 4.78 is 5.64. The monoisotopic (exact) mass is 308 g/mol. The van der Waals surface area contributed by atoms with E-state index < -0.39 is 11.0 Å². The molecule has 7 heteroatoms. The SMILES string of the molecule is CCc1nc(COc2ccc([N+](=O)[O-])cc2[C@@H](C)O)cs1. The number of hydrogen-bond donors (Lipinski definition) is 1. The number of aryl methyl sites for hydroxylation is 1. The van der Waals surface area contributed by atoms with Gasteiger partial charge in [0.1, 0.15) is 12.4 Å². The third-order valence-corrected chi connectivity index (χ3v) is 3.97. The van der Waals surface area contributed by atoms with E-state index in [0.717, 1.165) is 17.1 Å². The predicted octanol–water partition coefficient (Wildman–Crippen LogP) is 3.25. The summed E-state index contributed by atoms with van der Waals surface area (Å²) in [6.07, 6.45) is 0.0303. The van der Waals surface area contributed by atoms with Crippen LogP contribution in [0.4, 0.5) is 5.69 Å². The molecule has 0 aliphatic heterocycles. The summed E-state index contributed by atoms with van der Waals surface area (Å²) in [5.41, 5.74) is 1.14. The number of rotatable bonds is 6. The number of benzene rings is 1. The van der Waals surface area contributed by atoms with Crippen molar-refractivity contribution in [3.8, 4) is 5.75 Å². The molecule has 0 radical (unpaired) electrons. The lowest BCUT2D eigenvalue weighted by atomic mass is 10.1. The number of nitro groups is 1. The highest BCUT2D eigenvalue weighted by Crippen LogP contribution is 2.30. The first kappa shape index (κ1) is 15.4. The van der Waals surface area contributed by atoms with Crippen molar-refractivity contribution in [2.75, 3.05) is 0 Å². The van der Waals surface area contributed by atoms with Gasteiger partial charge in [-0.2, -0.15) is 0 Å². The second-order valence-electron chi connectivity index (χ2n) is 4.53. The van der Waals surface area contributed by atoms with Crippen molar-refractivity contribution in [2.24, 2.45) is 0 Å². The molecular weight excluding hydrogens is 292 g/mol. The number of nitro benzene ring substituents is 1. The predicted molar refractivity (Wildman–Crippen MR) is 79.6 cm³/mol. The van der Waals surface area contributed by atoms with Crippen LogP contribution in [0.5, 0.6) is 5.75 Å². The summed E-state index contributed by atoms with van der Waals surface area (Å²) in [6.45, 7) is 3.85. The molecule has 0 aliphatic carbocycles. The summed E-state index contributed by atoms with van der Waals surface area (Å²) >= 11 is 1.57. The van der Waals surface area contributed by atoms with Crippen LogP contribution >= 0.6 is 11.3 Å². The van der Waals surface area contributed by atoms with Gasteiger partial charge in [0.15, 0.2) is 0 Å². The lowest BCUT2D eigenvalue weighted by Crippen LogP contribution is -2.02. The first-order valence-electron chi connectivity index (χ1n) is 6.53. The van der Waals surface area contributed by atoms with E-state index in [1.807, 2.05) is 12.3 Å². The number of ether oxygens (including phenoxy) is 1. The minimum Gasteiger partial charge on any atom is -0.487 e. The highest BCUT2D eigenvalue weighted by Gasteiger charge is 2.15. The van der Waals surface area contributed by atoms with Crippen LogP contribution in [-0.2, 0) is 13.0 Å². The molecule has 0 amide bonds. The van der Waals surface area contributed by atoms with Crippen LogP contribution in [0.3, 0.4) is 0 Å². The molecule has 21 heavy (non-hydrogen) atoms. The van der Waals surface area contributed by atoms with Crippen molar-refractivity contribution in [2.45, 2.75) is 33.0 Å². The molecule has 0 spiro atoms. The number of aliphatic hydroxyl groups excluding tert-OH is 1. The zero-order valence-corrected chi connectivity index (χ0v) is 12.6. The molecule has 1 heterocycles. The molecule has 0 saturated carbocycles. The molecule has 112 valence electrons. The third kappa shape index (κ3) is 3.77. The minimum atomic E-state index is -0.846. The van der Waals surface area contributed by atoms with Gasteiger partial charge in [0.25, 0.3) is 5.69 Å². The molecule has 0 bridgehead atoms.